The second kappa shape index (κ2) is 7.74. The summed E-state index contributed by atoms with van der Waals surface area (Å²) in [6.07, 6.45) is 3.17. The first-order valence-corrected chi connectivity index (χ1v) is 9.72. The van der Waals surface area contributed by atoms with Crippen molar-refractivity contribution >= 4 is 5.82 Å². The van der Waals surface area contributed by atoms with Crippen LogP contribution in [-0.4, -0.2) is 49.6 Å². The van der Waals surface area contributed by atoms with Crippen LogP contribution in [0.4, 0.5) is 19.0 Å². The number of rotatable bonds is 5. The second-order valence-corrected chi connectivity index (χ2v) is 7.74. The molecular formula is C19H23F3N6O. The zero-order chi connectivity index (χ0) is 20.6. The standard InChI is InChI=1S/C19H23F3N6O/c1-26-12-23-9-13(18(26)29)10-27-6-4-15(5-7-27)28(14-2-3-14)17-8-16(19(20,21)22)24-11-25-17/h8-9,11-12,14-15H,2-7,10H2,1H3. The number of hydrogen-bond acceptors (Lipinski definition) is 6. The number of nitrogens with zero attached hydrogens (tertiary/aromatic N) is 6. The Balaban J connectivity index is 1.45. The number of alkyl halides is 3. The summed E-state index contributed by atoms with van der Waals surface area (Å²) in [7, 11) is 1.68. The van der Waals surface area contributed by atoms with Gasteiger partial charge in [0, 0.05) is 56.6 Å². The van der Waals surface area contributed by atoms with Crippen molar-refractivity contribution in [3.63, 3.8) is 0 Å². The van der Waals surface area contributed by atoms with Crippen LogP contribution < -0.4 is 10.5 Å². The van der Waals surface area contributed by atoms with Crippen LogP contribution in [0.1, 0.15) is 36.9 Å². The number of aryl methyl sites for hydroxylation is 1. The normalized spacial score (nSPS) is 18.8. The van der Waals surface area contributed by atoms with E-state index >= 15 is 0 Å². The lowest BCUT2D eigenvalue weighted by atomic mass is 10.0. The van der Waals surface area contributed by atoms with Gasteiger partial charge in [-0.05, 0) is 25.7 Å². The van der Waals surface area contributed by atoms with E-state index < -0.39 is 11.9 Å². The molecule has 0 spiro atoms. The van der Waals surface area contributed by atoms with Crippen LogP contribution in [0, 0.1) is 0 Å². The molecule has 4 rings (SSSR count). The Morgan fingerprint density at radius 1 is 1.14 bits per heavy atom. The minimum Gasteiger partial charge on any atom is -0.350 e. The van der Waals surface area contributed by atoms with Crippen LogP contribution in [0.25, 0.3) is 0 Å². The zero-order valence-electron chi connectivity index (χ0n) is 16.1. The lowest BCUT2D eigenvalue weighted by Gasteiger charge is -2.39. The first-order valence-electron chi connectivity index (χ1n) is 9.72. The Morgan fingerprint density at radius 2 is 1.83 bits per heavy atom. The summed E-state index contributed by atoms with van der Waals surface area (Å²) in [4.78, 5) is 28.0. The fourth-order valence-electron chi connectivity index (χ4n) is 3.93. The number of anilines is 1. The zero-order valence-corrected chi connectivity index (χ0v) is 16.1. The summed E-state index contributed by atoms with van der Waals surface area (Å²) < 4.78 is 40.6. The van der Waals surface area contributed by atoms with Gasteiger partial charge in [-0.2, -0.15) is 13.2 Å². The van der Waals surface area contributed by atoms with Crippen molar-refractivity contribution in [2.45, 2.75) is 50.5 Å². The summed E-state index contributed by atoms with van der Waals surface area (Å²) in [6, 6.07) is 1.43. The lowest BCUT2D eigenvalue weighted by Crippen LogP contribution is -2.46. The van der Waals surface area contributed by atoms with Gasteiger partial charge < -0.3 is 9.47 Å². The maximum absolute atomic E-state index is 13.1. The third-order valence-corrected chi connectivity index (χ3v) is 5.56. The Labute approximate surface area is 166 Å². The lowest BCUT2D eigenvalue weighted by molar-refractivity contribution is -0.141. The maximum atomic E-state index is 13.1. The summed E-state index contributed by atoms with van der Waals surface area (Å²) in [5.41, 5.74) is -0.307. The van der Waals surface area contributed by atoms with Gasteiger partial charge in [0.2, 0.25) is 0 Å². The van der Waals surface area contributed by atoms with Gasteiger partial charge >= 0.3 is 6.18 Å². The van der Waals surface area contributed by atoms with Gasteiger partial charge in [-0.15, -0.1) is 0 Å². The molecule has 0 atom stereocenters. The smallest absolute Gasteiger partial charge is 0.350 e. The summed E-state index contributed by atoms with van der Waals surface area (Å²) >= 11 is 0. The SMILES string of the molecule is Cn1cncc(CN2CCC(N(c3cc(C(F)(F)F)ncn3)C3CC3)CC2)c1=O. The van der Waals surface area contributed by atoms with Crippen LogP contribution in [0.15, 0.2) is 29.7 Å². The van der Waals surface area contributed by atoms with Crippen molar-refractivity contribution < 1.29 is 13.2 Å². The minimum atomic E-state index is -4.48. The average molecular weight is 408 g/mol. The molecule has 2 aliphatic rings. The highest BCUT2D eigenvalue weighted by molar-refractivity contribution is 5.44. The molecular weight excluding hydrogens is 385 g/mol. The van der Waals surface area contributed by atoms with E-state index in [-0.39, 0.29) is 17.6 Å². The van der Waals surface area contributed by atoms with Crippen LogP contribution >= 0.6 is 0 Å². The van der Waals surface area contributed by atoms with Gasteiger partial charge in [0.1, 0.15) is 17.8 Å². The quantitative estimate of drug-likeness (QED) is 0.756. The number of likely N-dealkylation sites (tertiary alicyclic amines) is 1. The Morgan fingerprint density at radius 3 is 2.48 bits per heavy atom. The van der Waals surface area contributed by atoms with Crippen molar-refractivity contribution in [1.29, 1.82) is 0 Å². The number of halogens is 3. The van der Waals surface area contributed by atoms with Gasteiger partial charge in [-0.3, -0.25) is 9.69 Å². The summed E-state index contributed by atoms with van der Waals surface area (Å²) in [5.74, 6) is 0.356. The molecule has 1 aliphatic carbocycles. The van der Waals surface area contributed by atoms with Gasteiger partial charge in [0.15, 0.2) is 0 Å². The molecule has 1 aliphatic heterocycles. The third-order valence-electron chi connectivity index (χ3n) is 5.56. The van der Waals surface area contributed by atoms with Gasteiger partial charge in [0.05, 0.1) is 6.33 Å². The van der Waals surface area contributed by atoms with E-state index in [1.807, 2.05) is 0 Å². The first kappa shape index (κ1) is 19.8. The highest BCUT2D eigenvalue weighted by Crippen LogP contribution is 2.37. The highest BCUT2D eigenvalue weighted by atomic mass is 19.4. The predicted molar refractivity (Wildman–Crippen MR) is 100 cm³/mol. The van der Waals surface area contributed by atoms with Crippen molar-refractivity contribution in [2.24, 2.45) is 7.05 Å². The average Bonchev–Trinajstić information content (AvgIpc) is 3.52. The van der Waals surface area contributed by atoms with Crippen molar-refractivity contribution in [2.75, 3.05) is 18.0 Å². The van der Waals surface area contributed by atoms with Crippen LogP contribution in [-0.2, 0) is 19.8 Å². The summed E-state index contributed by atoms with van der Waals surface area (Å²) in [5, 5.41) is 0. The van der Waals surface area contributed by atoms with E-state index in [2.05, 4.69) is 24.8 Å². The maximum Gasteiger partial charge on any atom is 0.433 e. The van der Waals surface area contributed by atoms with Crippen LogP contribution in [0.5, 0.6) is 0 Å². The molecule has 29 heavy (non-hydrogen) atoms. The fraction of sp³-hybridized carbons (Fsp3) is 0.579. The molecule has 156 valence electrons. The predicted octanol–water partition coefficient (Wildman–Crippen LogP) is 2.22. The molecule has 0 aromatic carbocycles. The van der Waals surface area contributed by atoms with Crippen molar-refractivity contribution in [3.8, 4) is 0 Å². The molecule has 0 bridgehead atoms. The number of aromatic nitrogens is 4. The molecule has 1 saturated heterocycles. The van der Waals surface area contributed by atoms with Crippen LogP contribution in [0.3, 0.4) is 0 Å². The van der Waals surface area contributed by atoms with Gasteiger partial charge in [-0.1, -0.05) is 0 Å². The number of hydrogen-bond donors (Lipinski definition) is 0. The topological polar surface area (TPSA) is 67.2 Å². The van der Waals surface area contributed by atoms with E-state index in [0.29, 0.717) is 17.9 Å². The molecule has 2 fully saturated rings. The van der Waals surface area contributed by atoms with Crippen molar-refractivity contribution in [1.82, 2.24) is 24.4 Å². The van der Waals surface area contributed by atoms with E-state index in [0.717, 1.165) is 51.2 Å². The van der Waals surface area contributed by atoms with E-state index in [4.69, 9.17) is 0 Å². The molecule has 2 aromatic heterocycles. The second-order valence-electron chi connectivity index (χ2n) is 7.74. The monoisotopic (exact) mass is 408 g/mol. The van der Waals surface area contributed by atoms with Gasteiger partial charge in [0.25, 0.3) is 5.56 Å². The molecule has 1 saturated carbocycles. The largest absolute Gasteiger partial charge is 0.433 e. The molecule has 3 heterocycles. The molecule has 0 unspecified atom stereocenters. The van der Waals surface area contributed by atoms with Gasteiger partial charge in [-0.25, -0.2) is 15.0 Å². The summed E-state index contributed by atoms with van der Waals surface area (Å²) in [6.45, 7) is 2.06. The Hall–Kier alpha value is -2.49. The minimum absolute atomic E-state index is 0.0533. The third kappa shape index (κ3) is 4.42. The highest BCUT2D eigenvalue weighted by Gasteiger charge is 2.39. The first-order chi connectivity index (χ1) is 13.8. The molecule has 0 N–H and O–H groups in total. The van der Waals surface area contributed by atoms with E-state index in [1.165, 1.54) is 10.9 Å². The van der Waals surface area contributed by atoms with Crippen molar-refractivity contribution in [3.05, 3.63) is 46.5 Å². The molecule has 0 amide bonds. The molecule has 10 heteroatoms. The molecule has 2 aromatic rings. The van der Waals surface area contributed by atoms with E-state index in [1.54, 1.807) is 13.2 Å². The Kier molecular flexibility index (Phi) is 5.28. The van der Waals surface area contributed by atoms with Crippen LogP contribution in [0.2, 0.25) is 0 Å². The molecule has 0 radical (unpaired) electrons. The number of piperidine rings is 1. The molecule has 7 nitrogen and oxygen atoms in total. The van der Waals surface area contributed by atoms with E-state index in [9.17, 15) is 18.0 Å². The Bertz CT molecular complexity index is 919. The fourth-order valence-corrected chi connectivity index (χ4v) is 3.93.